The van der Waals surface area contributed by atoms with Gasteiger partial charge in [0.1, 0.15) is 0 Å². The number of imide groups is 1. The Bertz CT molecular complexity index is 1110. The largest absolute Gasteiger partial charge is 0.322 e. The van der Waals surface area contributed by atoms with Crippen LogP contribution in [0.3, 0.4) is 0 Å². The van der Waals surface area contributed by atoms with Crippen LogP contribution in [0, 0.1) is 13.8 Å². The maximum atomic E-state index is 13.1. The summed E-state index contributed by atoms with van der Waals surface area (Å²) >= 11 is 0. The van der Waals surface area contributed by atoms with E-state index in [2.05, 4.69) is 0 Å². The molecule has 4 rings (SSSR count). The molecular weight excluding hydrogens is 426 g/mol. The Hall–Kier alpha value is -2.55. The number of hydrogen-bond acceptors (Lipinski definition) is 4. The minimum Gasteiger partial charge on any atom is -0.322 e. The van der Waals surface area contributed by atoms with Gasteiger partial charge in [-0.2, -0.15) is 4.31 Å². The van der Waals surface area contributed by atoms with Crippen molar-refractivity contribution in [3.63, 3.8) is 0 Å². The van der Waals surface area contributed by atoms with E-state index in [4.69, 9.17) is 0 Å². The SMILES string of the molecule is Cc1ccc(S(=O)(=O)N2CC[NH+]([C@H]3CC(=O)N(CCc4ccccc4)C3=O)CC2)cc1C. The van der Waals surface area contributed by atoms with E-state index in [9.17, 15) is 18.0 Å². The van der Waals surface area contributed by atoms with Gasteiger partial charge in [0.05, 0.1) is 37.5 Å². The molecule has 1 atom stereocenters. The number of nitrogens with zero attached hydrogens (tertiary/aromatic N) is 2. The van der Waals surface area contributed by atoms with E-state index in [1.807, 2.05) is 50.2 Å². The second-order valence-electron chi connectivity index (χ2n) is 8.68. The topological polar surface area (TPSA) is 79.2 Å². The number of carbonyl (C=O) groups is 2. The van der Waals surface area contributed by atoms with Gasteiger partial charge in [0.15, 0.2) is 6.04 Å². The minimum absolute atomic E-state index is 0.131. The molecular formula is C24H30N3O4S+. The van der Waals surface area contributed by atoms with Gasteiger partial charge in [0.25, 0.3) is 5.91 Å². The van der Waals surface area contributed by atoms with Crippen molar-refractivity contribution < 1.29 is 22.9 Å². The number of aryl methyl sites for hydroxylation is 2. The number of sulfonamides is 1. The maximum absolute atomic E-state index is 13.1. The molecule has 2 amide bonds. The van der Waals surface area contributed by atoms with Crippen LogP contribution in [0.2, 0.25) is 0 Å². The fraction of sp³-hybridized carbons (Fsp3) is 0.417. The van der Waals surface area contributed by atoms with Gasteiger partial charge in [-0.1, -0.05) is 36.4 Å². The van der Waals surface area contributed by atoms with Crippen LogP contribution in [-0.2, 0) is 26.0 Å². The zero-order valence-corrected chi connectivity index (χ0v) is 19.4. The third kappa shape index (κ3) is 4.48. The molecule has 0 aromatic heterocycles. The van der Waals surface area contributed by atoms with Crippen molar-refractivity contribution in [2.24, 2.45) is 0 Å². The highest BCUT2D eigenvalue weighted by Crippen LogP contribution is 2.20. The molecule has 7 nitrogen and oxygen atoms in total. The number of rotatable bonds is 6. The van der Waals surface area contributed by atoms with Crippen LogP contribution in [-0.4, -0.2) is 68.2 Å². The lowest BCUT2D eigenvalue weighted by molar-refractivity contribution is -0.918. The van der Waals surface area contributed by atoms with Crippen molar-refractivity contribution in [2.45, 2.75) is 37.6 Å². The van der Waals surface area contributed by atoms with E-state index in [1.54, 1.807) is 12.1 Å². The number of likely N-dealkylation sites (tertiary alicyclic amines) is 1. The first-order chi connectivity index (χ1) is 15.3. The van der Waals surface area contributed by atoms with Gasteiger partial charge in [-0.15, -0.1) is 0 Å². The Morgan fingerprint density at radius 3 is 2.31 bits per heavy atom. The second-order valence-corrected chi connectivity index (χ2v) is 10.6. The Balaban J connectivity index is 1.37. The molecule has 2 aliphatic heterocycles. The van der Waals surface area contributed by atoms with Gasteiger partial charge in [-0.05, 0) is 49.1 Å². The number of amides is 2. The third-order valence-electron chi connectivity index (χ3n) is 6.68. The molecule has 8 heteroatoms. The molecule has 2 saturated heterocycles. The van der Waals surface area contributed by atoms with E-state index in [1.165, 1.54) is 9.21 Å². The quantitative estimate of drug-likeness (QED) is 0.645. The van der Waals surface area contributed by atoms with Gasteiger partial charge in [-0.25, -0.2) is 8.42 Å². The lowest BCUT2D eigenvalue weighted by Crippen LogP contribution is -3.19. The number of piperazine rings is 1. The molecule has 0 aliphatic carbocycles. The molecule has 0 radical (unpaired) electrons. The molecule has 2 aromatic carbocycles. The molecule has 2 aliphatic rings. The molecule has 2 heterocycles. The van der Waals surface area contributed by atoms with Crippen molar-refractivity contribution in [3.8, 4) is 0 Å². The molecule has 32 heavy (non-hydrogen) atoms. The summed E-state index contributed by atoms with van der Waals surface area (Å²) < 4.78 is 27.6. The summed E-state index contributed by atoms with van der Waals surface area (Å²) in [5.74, 6) is -0.264. The predicted octanol–water partition coefficient (Wildman–Crippen LogP) is 0.563. The first-order valence-electron chi connectivity index (χ1n) is 11.1. The summed E-state index contributed by atoms with van der Waals surface area (Å²) in [5, 5.41) is 0. The van der Waals surface area contributed by atoms with Gasteiger partial charge >= 0.3 is 0 Å². The maximum Gasteiger partial charge on any atom is 0.288 e. The number of quaternary nitrogens is 1. The number of hydrogen-bond donors (Lipinski definition) is 1. The van der Waals surface area contributed by atoms with Crippen LogP contribution in [0.25, 0.3) is 0 Å². The van der Waals surface area contributed by atoms with Crippen molar-refractivity contribution in [1.82, 2.24) is 9.21 Å². The lowest BCUT2D eigenvalue weighted by atomic mass is 10.1. The fourth-order valence-corrected chi connectivity index (χ4v) is 6.04. The van der Waals surface area contributed by atoms with Crippen LogP contribution in [0.5, 0.6) is 0 Å². The molecule has 2 aromatic rings. The van der Waals surface area contributed by atoms with Gasteiger partial charge in [0.2, 0.25) is 15.9 Å². The molecule has 170 valence electrons. The smallest absolute Gasteiger partial charge is 0.288 e. The van der Waals surface area contributed by atoms with Crippen molar-refractivity contribution >= 4 is 21.8 Å². The van der Waals surface area contributed by atoms with Crippen molar-refractivity contribution in [3.05, 3.63) is 65.2 Å². The predicted molar refractivity (Wildman–Crippen MR) is 121 cm³/mol. The Morgan fingerprint density at radius 2 is 1.66 bits per heavy atom. The standard InChI is InChI=1S/C24H29N3O4S/c1-18-8-9-21(16-19(18)2)32(30,31)26-14-12-25(13-15-26)22-17-23(28)27(24(22)29)11-10-20-6-4-3-5-7-20/h3-9,16,22H,10-15,17H2,1-2H3/p+1/t22-/m0/s1. The summed E-state index contributed by atoms with van der Waals surface area (Å²) in [6.07, 6.45) is 0.842. The summed E-state index contributed by atoms with van der Waals surface area (Å²) in [4.78, 5) is 28.2. The van der Waals surface area contributed by atoms with Gasteiger partial charge in [0, 0.05) is 6.54 Å². The summed E-state index contributed by atoms with van der Waals surface area (Å²) in [7, 11) is -3.56. The minimum atomic E-state index is -3.56. The first-order valence-corrected chi connectivity index (χ1v) is 12.5. The van der Waals surface area contributed by atoms with Crippen LogP contribution in [0.15, 0.2) is 53.4 Å². The summed E-state index contributed by atoms with van der Waals surface area (Å²) in [5.41, 5.74) is 3.09. The molecule has 0 spiro atoms. The van der Waals surface area contributed by atoms with Crippen molar-refractivity contribution in [2.75, 3.05) is 32.7 Å². The highest BCUT2D eigenvalue weighted by molar-refractivity contribution is 7.89. The van der Waals surface area contributed by atoms with Crippen LogP contribution in [0.1, 0.15) is 23.1 Å². The summed E-state index contributed by atoms with van der Waals surface area (Å²) in [6, 6.07) is 14.6. The molecule has 0 bridgehead atoms. The van der Waals surface area contributed by atoms with E-state index in [-0.39, 0.29) is 18.2 Å². The van der Waals surface area contributed by atoms with E-state index in [0.717, 1.165) is 21.6 Å². The zero-order valence-electron chi connectivity index (χ0n) is 18.6. The Kier molecular flexibility index (Phi) is 6.46. The van der Waals surface area contributed by atoms with Gasteiger partial charge in [-0.3, -0.25) is 14.5 Å². The highest BCUT2D eigenvalue weighted by atomic mass is 32.2. The van der Waals surface area contributed by atoms with E-state index in [0.29, 0.717) is 44.0 Å². The third-order valence-corrected chi connectivity index (χ3v) is 8.58. The lowest BCUT2D eigenvalue weighted by Gasteiger charge is -2.33. The molecule has 2 fully saturated rings. The molecule has 0 saturated carbocycles. The van der Waals surface area contributed by atoms with E-state index < -0.39 is 16.1 Å². The molecule has 1 N–H and O–H groups in total. The number of nitrogens with one attached hydrogen (secondary N) is 1. The fourth-order valence-electron chi connectivity index (χ4n) is 4.51. The number of carbonyl (C=O) groups excluding carboxylic acids is 2. The second kappa shape index (κ2) is 9.13. The number of benzene rings is 2. The van der Waals surface area contributed by atoms with Crippen LogP contribution < -0.4 is 4.90 Å². The monoisotopic (exact) mass is 456 g/mol. The Labute approximate surface area is 189 Å². The highest BCUT2D eigenvalue weighted by Gasteiger charge is 2.46. The van der Waals surface area contributed by atoms with Crippen molar-refractivity contribution in [1.29, 1.82) is 0 Å². The average Bonchev–Trinajstić information content (AvgIpc) is 3.08. The van der Waals surface area contributed by atoms with Gasteiger partial charge < -0.3 is 4.90 Å². The zero-order chi connectivity index (χ0) is 22.9. The average molecular weight is 457 g/mol. The normalized spacial score (nSPS) is 20.8. The first kappa shape index (κ1) is 22.6. The summed E-state index contributed by atoms with van der Waals surface area (Å²) in [6.45, 7) is 5.96. The van der Waals surface area contributed by atoms with E-state index >= 15 is 0 Å². The van der Waals surface area contributed by atoms with Crippen LogP contribution in [0.4, 0.5) is 0 Å². The Morgan fingerprint density at radius 1 is 0.969 bits per heavy atom. The van der Waals surface area contributed by atoms with Crippen LogP contribution >= 0.6 is 0 Å². The molecule has 0 unspecified atom stereocenters.